The molecule has 1 aromatic heterocycles. The van der Waals surface area contributed by atoms with Crippen LogP contribution >= 0.6 is 11.3 Å². The zero-order chi connectivity index (χ0) is 18.2. The molecule has 1 aromatic carbocycles. The molecule has 0 saturated heterocycles. The molecule has 1 heterocycles. The van der Waals surface area contributed by atoms with Crippen LogP contribution in [0.5, 0.6) is 0 Å². The van der Waals surface area contributed by atoms with Crippen LogP contribution in [0.2, 0.25) is 0 Å². The lowest BCUT2D eigenvalue weighted by Crippen LogP contribution is -2.88. The highest BCUT2D eigenvalue weighted by Gasteiger charge is 2.20. The number of carbonyl (C=O) groups is 2. The molecule has 4 N–H and O–H groups in total. The van der Waals surface area contributed by atoms with Crippen molar-refractivity contribution in [3.8, 4) is 0 Å². The molecule has 0 radical (unpaired) electrons. The van der Waals surface area contributed by atoms with Crippen LogP contribution in [0.1, 0.15) is 55.2 Å². The number of rotatable bonds is 7. The van der Waals surface area contributed by atoms with Crippen LogP contribution in [-0.4, -0.2) is 18.4 Å². The summed E-state index contributed by atoms with van der Waals surface area (Å²) in [6, 6.07) is 12.8. The van der Waals surface area contributed by atoms with Gasteiger partial charge in [0.25, 0.3) is 5.91 Å². The van der Waals surface area contributed by atoms with Gasteiger partial charge in [0, 0.05) is 12.5 Å². The Balaban J connectivity index is 2.09. The van der Waals surface area contributed by atoms with Crippen LogP contribution in [0.4, 0.5) is 0 Å². The predicted octanol–water partition coefficient (Wildman–Crippen LogP) is 2.08. The van der Waals surface area contributed by atoms with Crippen LogP contribution in [0, 0.1) is 0 Å². The van der Waals surface area contributed by atoms with Crippen molar-refractivity contribution in [2.45, 2.75) is 39.2 Å². The van der Waals surface area contributed by atoms with E-state index in [2.05, 4.69) is 55.0 Å². The van der Waals surface area contributed by atoms with E-state index < -0.39 is 0 Å². The molecule has 0 unspecified atom stereocenters. The smallest absolute Gasteiger partial charge is 0.293 e. The Kier molecular flexibility index (Phi) is 7.16. The number of hydrogen-bond acceptors (Lipinski definition) is 3. The number of benzene rings is 1. The van der Waals surface area contributed by atoms with E-state index in [0.29, 0.717) is 5.92 Å². The molecule has 0 fully saturated rings. The minimum Gasteiger partial charge on any atom is -0.328 e. The second-order valence-corrected chi connectivity index (χ2v) is 7.12. The number of nitrogens with two attached hydrogens (primary N) is 1. The van der Waals surface area contributed by atoms with E-state index in [4.69, 9.17) is 0 Å². The van der Waals surface area contributed by atoms with E-state index in [1.54, 1.807) is 11.3 Å². The first-order valence-corrected chi connectivity index (χ1v) is 9.41. The quantitative estimate of drug-likeness (QED) is 0.661. The number of hydrazine groups is 1. The molecule has 25 heavy (non-hydrogen) atoms. The van der Waals surface area contributed by atoms with Gasteiger partial charge in [0.1, 0.15) is 6.04 Å². The first-order valence-electron chi connectivity index (χ1n) is 8.53. The molecule has 2 rings (SSSR count). The topological polar surface area (TPSA) is 74.8 Å². The summed E-state index contributed by atoms with van der Waals surface area (Å²) in [4.78, 5) is 24.0. The van der Waals surface area contributed by atoms with Crippen molar-refractivity contribution >= 4 is 23.2 Å². The molecule has 0 aliphatic heterocycles. The lowest BCUT2D eigenvalue weighted by atomic mass is 9.95. The second kappa shape index (κ2) is 9.34. The van der Waals surface area contributed by atoms with Gasteiger partial charge in [-0.05, 0) is 29.3 Å². The van der Waals surface area contributed by atoms with Crippen molar-refractivity contribution in [1.82, 2.24) is 10.9 Å². The third kappa shape index (κ3) is 5.69. The van der Waals surface area contributed by atoms with Crippen molar-refractivity contribution in [3.63, 3.8) is 0 Å². The lowest BCUT2D eigenvalue weighted by molar-refractivity contribution is -0.676. The van der Waals surface area contributed by atoms with Crippen LogP contribution in [0.25, 0.3) is 0 Å². The molecular formula is C19H26N3O2S+. The van der Waals surface area contributed by atoms with Gasteiger partial charge in [-0.15, -0.1) is 11.3 Å². The molecule has 0 aliphatic carbocycles. The average Bonchev–Trinajstić information content (AvgIpc) is 3.14. The number of hydrogen-bond donors (Lipinski definition) is 3. The minimum atomic E-state index is -0.288. The Labute approximate surface area is 152 Å². The van der Waals surface area contributed by atoms with E-state index in [9.17, 15) is 9.59 Å². The zero-order valence-electron chi connectivity index (χ0n) is 14.9. The molecule has 2 aromatic rings. The fourth-order valence-corrected chi connectivity index (χ4v) is 3.44. The van der Waals surface area contributed by atoms with E-state index in [1.807, 2.05) is 16.8 Å². The van der Waals surface area contributed by atoms with Crippen LogP contribution in [0.15, 0.2) is 41.8 Å². The summed E-state index contributed by atoms with van der Waals surface area (Å²) in [5, 5.41) is 4.03. The first kappa shape index (κ1) is 19.1. The highest BCUT2D eigenvalue weighted by molar-refractivity contribution is 7.10. The van der Waals surface area contributed by atoms with Crippen molar-refractivity contribution in [3.05, 3.63) is 57.8 Å². The number of carbonyl (C=O) groups excluding carboxylic acids is 2. The summed E-state index contributed by atoms with van der Waals surface area (Å²) in [5.74, 6) is 0.0263. The second-order valence-electron chi connectivity index (χ2n) is 6.14. The molecule has 2 amide bonds. The summed E-state index contributed by atoms with van der Waals surface area (Å²) < 4.78 is 0. The minimum absolute atomic E-state index is 0.0639. The summed E-state index contributed by atoms with van der Waals surface area (Å²) in [7, 11) is 0. The van der Waals surface area contributed by atoms with Crippen LogP contribution in [0.3, 0.4) is 0 Å². The fraction of sp³-hybridized carbons (Fsp3) is 0.368. The van der Waals surface area contributed by atoms with Gasteiger partial charge in [0.15, 0.2) is 6.54 Å². The van der Waals surface area contributed by atoms with Crippen molar-refractivity contribution < 1.29 is 14.9 Å². The average molecular weight is 361 g/mol. The monoisotopic (exact) mass is 360 g/mol. The SMILES string of the molecule is CC[C@@H](C)c1ccc([C@@H]([NH2+]CC(=O)NNC(C)=O)c2cccs2)cc1. The molecule has 6 heteroatoms. The van der Waals surface area contributed by atoms with Gasteiger partial charge < -0.3 is 5.32 Å². The Hall–Kier alpha value is -2.18. The molecule has 2 atom stereocenters. The standard InChI is InChI=1S/C19H25N3O2S/c1-4-13(2)15-7-9-16(10-8-15)19(17-6-5-11-25-17)20-12-18(24)22-21-14(3)23/h5-11,13,19-20H,4,12H2,1-3H3,(H,21,23)(H,22,24)/p+1/t13-,19-/m1/s1. The Morgan fingerprint density at radius 1 is 1.12 bits per heavy atom. The molecule has 5 nitrogen and oxygen atoms in total. The maximum Gasteiger partial charge on any atom is 0.293 e. The van der Waals surface area contributed by atoms with Crippen LogP contribution in [-0.2, 0) is 9.59 Å². The maximum atomic E-state index is 11.9. The van der Waals surface area contributed by atoms with Crippen molar-refractivity contribution in [2.24, 2.45) is 0 Å². The van der Waals surface area contributed by atoms with Gasteiger partial charge in [-0.3, -0.25) is 20.4 Å². The van der Waals surface area contributed by atoms with Crippen molar-refractivity contribution in [2.75, 3.05) is 6.54 Å². The molecule has 0 aliphatic rings. The normalized spacial score (nSPS) is 13.1. The largest absolute Gasteiger partial charge is 0.328 e. The summed E-state index contributed by atoms with van der Waals surface area (Å²) in [6.45, 7) is 6.01. The molecule has 0 spiro atoms. The number of nitrogens with one attached hydrogen (secondary N) is 2. The van der Waals surface area contributed by atoms with E-state index in [0.717, 1.165) is 6.42 Å². The number of thiophene rings is 1. The lowest BCUT2D eigenvalue weighted by Gasteiger charge is -2.16. The highest BCUT2D eigenvalue weighted by atomic mass is 32.1. The zero-order valence-corrected chi connectivity index (χ0v) is 15.7. The highest BCUT2D eigenvalue weighted by Crippen LogP contribution is 2.25. The Morgan fingerprint density at radius 3 is 2.36 bits per heavy atom. The Morgan fingerprint density at radius 2 is 1.80 bits per heavy atom. The fourth-order valence-electron chi connectivity index (χ4n) is 2.59. The summed E-state index contributed by atoms with van der Waals surface area (Å²) in [6.07, 6.45) is 1.11. The van der Waals surface area contributed by atoms with Gasteiger partial charge in [-0.1, -0.05) is 44.2 Å². The third-order valence-corrected chi connectivity index (χ3v) is 5.20. The Bertz CT molecular complexity index is 683. The number of quaternary nitrogens is 1. The van der Waals surface area contributed by atoms with Crippen molar-refractivity contribution in [1.29, 1.82) is 0 Å². The van der Waals surface area contributed by atoms with E-state index in [-0.39, 0.29) is 24.4 Å². The third-order valence-electron chi connectivity index (χ3n) is 4.24. The van der Waals surface area contributed by atoms with Crippen LogP contribution < -0.4 is 16.2 Å². The van der Waals surface area contributed by atoms with Gasteiger partial charge in [-0.25, -0.2) is 0 Å². The molecular weight excluding hydrogens is 334 g/mol. The van der Waals surface area contributed by atoms with Gasteiger partial charge in [-0.2, -0.15) is 0 Å². The maximum absolute atomic E-state index is 11.9. The molecule has 134 valence electrons. The molecule has 0 bridgehead atoms. The molecule has 0 saturated carbocycles. The first-order chi connectivity index (χ1) is 12.0. The van der Waals surface area contributed by atoms with Gasteiger partial charge in [0.05, 0.1) is 4.88 Å². The van der Waals surface area contributed by atoms with Gasteiger partial charge in [0.2, 0.25) is 5.91 Å². The summed E-state index contributed by atoms with van der Waals surface area (Å²) >= 11 is 1.68. The van der Waals surface area contributed by atoms with Gasteiger partial charge >= 0.3 is 0 Å². The summed E-state index contributed by atoms with van der Waals surface area (Å²) in [5.41, 5.74) is 7.21. The van der Waals surface area contributed by atoms with E-state index >= 15 is 0 Å². The van der Waals surface area contributed by atoms with E-state index in [1.165, 1.54) is 22.9 Å². The predicted molar refractivity (Wildman–Crippen MR) is 100 cm³/mol. The number of amides is 2.